The molecule has 1 unspecified atom stereocenters. The molecule has 2 rings (SSSR count). The molecule has 1 aromatic rings. The minimum atomic E-state index is -0.458. The number of nitrogens with zero attached hydrogens (tertiary/aromatic N) is 1. The maximum atomic E-state index is 10.7. The molecule has 0 amide bonds. The van der Waals surface area contributed by atoms with Crippen LogP contribution < -0.4 is 9.47 Å². The van der Waals surface area contributed by atoms with E-state index in [9.17, 15) is 10.1 Å². The van der Waals surface area contributed by atoms with Gasteiger partial charge in [0, 0.05) is 12.7 Å². The molecule has 20 heavy (non-hydrogen) atoms. The van der Waals surface area contributed by atoms with Gasteiger partial charge in [0.2, 0.25) is 0 Å². The first-order valence-electron chi connectivity index (χ1n) is 6.77. The van der Waals surface area contributed by atoms with E-state index in [0.717, 1.165) is 25.9 Å². The highest BCUT2D eigenvalue weighted by Gasteiger charge is 2.16. The highest BCUT2D eigenvalue weighted by atomic mass is 16.6. The zero-order valence-corrected chi connectivity index (χ0v) is 11.5. The van der Waals surface area contributed by atoms with Crippen molar-refractivity contribution >= 4 is 5.69 Å². The third-order valence-electron chi connectivity index (χ3n) is 3.31. The lowest BCUT2D eigenvalue weighted by atomic mass is 10.1. The van der Waals surface area contributed by atoms with Crippen LogP contribution in [0.25, 0.3) is 0 Å². The van der Waals surface area contributed by atoms with E-state index in [0.29, 0.717) is 18.1 Å². The lowest BCUT2D eigenvalue weighted by Gasteiger charge is -2.17. The Bertz CT molecular complexity index is 455. The topological polar surface area (TPSA) is 70.8 Å². The maximum absolute atomic E-state index is 10.7. The van der Waals surface area contributed by atoms with E-state index in [4.69, 9.17) is 14.2 Å². The molecule has 1 atom stereocenters. The molecule has 110 valence electrons. The summed E-state index contributed by atoms with van der Waals surface area (Å²) in [6, 6.07) is 4.34. The molecule has 0 aromatic heterocycles. The van der Waals surface area contributed by atoms with E-state index in [-0.39, 0.29) is 11.8 Å². The van der Waals surface area contributed by atoms with Crippen molar-refractivity contribution in [2.75, 3.05) is 20.3 Å². The molecule has 0 aliphatic carbocycles. The number of hydrogen-bond donors (Lipinski definition) is 0. The average molecular weight is 281 g/mol. The highest BCUT2D eigenvalue weighted by molar-refractivity contribution is 5.48. The summed E-state index contributed by atoms with van der Waals surface area (Å²) in [5.41, 5.74) is -0.0140. The summed E-state index contributed by atoms with van der Waals surface area (Å²) in [6.07, 6.45) is 4.49. The molecular weight excluding hydrogens is 262 g/mol. The summed E-state index contributed by atoms with van der Waals surface area (Å²) >= 11 is 0. The minimum absolute atomic E-state index is 0.0140. The average Bonchev–Trinajstić information content (AvgIpc) is 2.73. The predicted molar refractivity (Wildman–Crippen MR) is 73.4 cm³/mol. The van der Waals surface area contributed by atoms with Gasteiger partial charge < -0.3 is 14.2 Å². The van der Waals surface area contributed by atoms with Gasteiger partial charge in [-0.2, -0.15) is 0 Å². The van der Waals surface area contributed by atoms with Crippen molar-refractivity contribution in [3.05, 3.63) is 28.3 Å². The van der Waals surface area contributed by atoms with Crippen molar-refractivity contribution in [2.24, 2.45) is 0 Å². The second-order valence-electron chi connectivity index (χ2n) is 4.75. The maximum Gasteiger partial charge on any atom is 0.273 e. The number of ether oxygens (including phenoxy) is 3. The van der Waals surface area contributed by atoms with Gasteiger partial charge in [-0.15, -0.1) is 0 Å². The van der Waals surface area contributed by atoms with Gasteiger partial charge >= 0.3 is 0 Å². The Hall–Kier alpha value is -1.82. The number of rotatable bonds is 5. The van der Waals surface area contributed by atoms with Crippen LogP contribution in [0.2, 0.25) is 0 Å². The van der Waals surface area contributed by atoms with Gasteiger partial charge in [-0.25, -0.2) is 0 Å². The fourth-order valence-corrected chi connectivity index (χ4v) is 2.19. The van der Waals surface area contributed by atoms with Gasteiger partial charge in [0.05, 0.1) is 24.2 Å². The van der Waals surface area contributed by atoms with Crippen molar-refractivity contribution in [1.29, 1.82) is 0 Å². The fraction of sp³-hybridized carbons (Fsp3) is 0.571. The van der Waals surface area contributed by atoms with Gasteiger partial charge in [0.15, 0.2) is 11.5 Å². The molecule has 1 aliphatic rings. The van der Waals surface area contributed by atoms with E-state index in [2.05, 4.69) is 0 Å². The van der Waals surface area contributed by atoms with Crippen LogP contribution in [0.1, 0.15) is 25.7 Å². The van der Waals surface area contributed by atoms with Crippen LogP contribution >= 0.6 is 0 Å². The van der Waals surface area contributed by atoms with Crippen molar-refractivity contribution in [1.82, 2.24) is 0 Å². The van der Waals surface area contributed by atoms with Crippen LogP contribution in [-0.2, 0) is 4.74 Å². The molecule has 0 saturated carbocycles. The molecule has 1 heterocycles. The van der Waals surface area contributed by atoms with E-state index < -0.39 is 4.92 Å². The zero-order chi connectivity index (χ0) is 14.4. The molecule has 1 aliphatic heterocycles. The quantitative estimate of drug-likeness (QED) is 0.613. The minimum Gasteiger partial charge on any atom is -0.493 e. The van der Waals surface area contributed by atoms with Crippen LogP contribution in [0.5, 0.6) is 11.5 Å². The summed E-state index contributed by atoms with van der Waals surface area (Å²) < 4.78 is 16.5. The third-order valence-corrected chi connectivity index (χ3v) is 3.31. The Morgan fingerprint density at radius 2 is 2.20 bits per heavy atom. The number of methoxy groups -OCH3 is 1. The first-order chi connectivity index (χ1) is 9.70. The van der Waals surface area contributed by atoms with E-state index in [1.807, 2.05) is 0 Å². The Balaban J connectivity index is 1.99. The predicted octanol–water partition coefficient (Wildman–Crippen LogP) is 2.94. The number of benzene rings is 1. The lowest BCUT2D eigenvalue weighted by molar-refractivity contribution is -0.385. The fourth-order valence-electron chi connectivity index (χ4n) is 2.19. The Labute approximate surface area is 117 Å². The summed E-state index contributed by atoms with van der Waals surface area (Å²) in [5.74, 6) is 0.874. The molecule has 6 nitrogen and oxygen atoms in total. The van der Waals surface area contributed by atoms with Gasteiger partial charge in [0.25, 0.3) is 5.69 Å². The van der Waals surface area contributed by atoms with Crippen molar-refractivity contribution in [3.8, 4) is 11.5 Å². The normalized spacial score (nSPS) is 19.1. The molecule has 1 fully saturated rings. The number of non-ortho nitro benzene ring substituents is 1. The standard InChI is InChI=1S/C14H19NO5/c1-18-14-9-11(15(16)17)6-7-13(14)20-10-12-5-3-2-4-8-19-12/h6-7,9,12H,2-5,8,10H2,1H3. The highest BCUT2D eigenvalue weighted by Crippen LogP contribution is 2.31. The molecular formula is C14H19NO5. The van der Waals surface area contributed by atoms with Crippen LogP contribution in [0, 0.1) is 10.1 Å². The molecule has 6 heteroatoms. The smallest absolute Gasteiger partial charge is 0.273 e. The zero-order valence-electron chi connectivity index (χ0n) is 11.5. The van der Waals surface area contributed by atoms with Crippen molar-refractivity contribution in [2.45, 2.75) is 31.8 Å². The van der Waals surface area contributed by atoms with Crippen molar-refractivity contribution in [3.63, 3.8) is 0 Å². The summed E-state index contributed by atoms with van der Waals surface area (Å²) in [7, 11) is 1.47. The van der Waals surface area contributed by atoms with Crippen LogP contribution in [-0.4, -0.2) is 31.4 Å². The van der Waals surface area contributed by atoms with Crippen LogP contribution in [0.15, 0.2) is 18.2 Å². The third kappa shape index (κ3) is 3.84. The molecule has 0 radical (unpaired) electrons. The lowest BCUT2D eigenvalue weighted by Crippen LogP contribution is -2.21. The van der Waals surface area contributed by atoms with Gasteiger partial charge in [-0.1, -0.05) is 12.8 Å². The number of nitro benzene ring substituents is 1. The Kier molecular flexibility index (Phi) is 5.17. The second-order valence-corrected chi connectivity index (χ2v) is 4.75. The first-order valence-corrected chi connectivity index (χ1v) is 6.77. The van der Waals surface area contributed by atoms with E-state index in [1.165, 1.54) is 25.7 Å². The molecule has 0 bridgehead atoms. The first kappa shape index (κ1) is 14.6. The monoisotopic (exact) mass is 281 g/mol. The van der Waals surface area contributed by atoms with Gasteiger partial charge in [-0.05, 0) is 18.9 Å². The van der Waals surface area contributed by atoms with Crippen LogP contribution in [0.4, 0.5) is 5.69 Å². The number of nitro groups is 1. The van der Waals surface area contributed by atoms with Crippen LogP contribution in [0.3, 0.4) is 0 Å². The second kappa shape index (κ2) is 7.09. The summed E-state index contributed by atoms with van der Waals surface area (Å²) in [4.78, 5) is 10.3. The molecule has 0 N–H and O–H groups in total. The van der Waals surface area contributed by atoms with E-state index in [1.54, 1.807) is 6.07 Å². The summed E-state index contributed by atoms with van der Waals surface area (Å²) in [5, 5.41) is 10.7. The van der Waals surface area contributed by atoms with Gasteiger partial charge in [-0.3, -0.25) is 10.1 Å². The SMILES string of the molecule is COc1cc([N+](=O)[O-])ccc1OCC1CCCCCO1. The van der Waals surface area contributed by atoms with Gasteiger partial charge in [0.1, 0.15) is 6.61 Å². The Morgan fingerprint density at radius 3 is 2.95 bits per heavy atom. The number of hydrogen-bond acceptors (Lipinski definition) is 5. The largest absolute Gasteiger partial charge is 0.493 e. The molecule has 1 aromatic carbocycles. The van der Waals surface area contributed by atoms with E-state index >= 15 is 0 Å². The molecule has 1 saturated heterocycles. The molecule has 0 spiro atoms. The van der Waals surface area contributed by atoms with Crippen molar-refractivity contribution < 1.29 is 19.1 Å². The summed E-state index contributed by atoms with van der Waals surface area (Å²) in [6.45, 7) is 1.21. The Morgan fingerprint density at radius 1 is 1.35 bits per heavy atom.